The molecule has 2 unspecified atom stereocenters. The van der Waals surface area contributed by atoms with Crippen LogP contribution in [0.3, 0.4) is 0 Å². The molecular weight excluding hydrogens is 1410 g/mol. The summed E-state index contributed by atoms with van der Waals surface area (Å²) in [5, 5.41) is 10.7. The summed E-state index contributed by atoms with van der Waals surface area (Å²) in [7, 11) is -9.93. The van der Waals surface area contributed by atoms with E-state index in [9.17, 15) is 43.2 Å². The van der Waals surface area contributed by atoms with E-state index in [0.29, 0.717) is 25.7 Å². The lowest BCUT2D eigenvalue weighted by Crippen LogP contribution is -2.30. The number of ether oxygens (including phenoxy) is 4. The molecule has 0 rings (SSSR count). The van der Waals surface area contributed by atoms with Gasteiger partial charge in [0.2, 0.25) is 0 Å². The van der Waals surface area contributed by atoms with Crippen LogP contribution in [0.2, 0.25) is 0 Å². The van der Waals surface area contributed by atoms with Crippen molar-refractivity contribution in [2.24, 2.45) is 5.92 Å². The Morgan fingerprint density at radius 2 is 0.422 bits per heavy atom. The molecule has 648 valence electrons. The second-order valence-electron chi connectivity index (χ2n) is 32.8. The largest absolute Gasteiger partial charge is 0.472 e. The lowest BCUT2D eigenvalue weighted by atomic mass is 10.0. The Hall–Kier alpha value is -1.94. The molecule has 0 bridgehead atoms. The summed E-state index contributed by atoms with van der Waals surface area (Å²) in [6, 6.07) is 0. The Morgan fingerprint density at radius 1 is 0.248 bits per heavy atom. The molecule has 17 nitrogen and oxygen atoms in total. The lowest BCUT2D eigenvalue weighted by Gasteiger charge is -2.21. The molecule has 0 aliphatic rings. The van der Waals surface area contributed by atoms with Gasteiger partial charge in [-0.3, -0.25) is 37.3 Å². The van der Waals surface area contributed by atoms with Crippen LogP contribution in [0.5, 0.6) is 0 Å². The van der Waals surface area contributed by atoms with E-state index in [1.807, 2.05) is 0 Å². The fourth-order valence-electron chi connectivity index (χ4n) is 14.2. The molecule has 0 radical (unpaired) electrons. The third-order valence-electron chi connectivity index (χ3n) is 21.3. The minimum atomic E-state index is -4.97. The van der Waals surface area contributed by atoms with Crippen LogP contribution < -0.4 is 0 Å². The predicted octanol–water partition coefficient (Wildman–Crippen LogP) is 27.9. The molecule has 0 aromatic heterocycles. The maximum atomic E-state index is 13.2. The van der Waals surface area contributed by atoms with Gasteiger partial charge in [-0.1, -0.05) is 439 Å². The maximum Gasteiger partial charge on any atom is 0.472 e. The van der Waals surface area contributed by atoms with Gasteiger partial charge in [0.1, 0.15) is 19.3 Å². The highest BCUT2D eigenvalue weighted by molar-refractivity contribution is 7.47. The molecule has 0 aliphatic heterocycles. The van der Waals surface area contributed by atoms with Gasteiger partial charge in [0, 0.05) is 25.7 Å². The molecular formula is C90H176O17P2. The fraction of sp³-hybridized carbons (Fsp3) is 0.956. The normalized spacial score (nSPS) is 13.7. The van der Waals surface area contributed by atoms with Crippen molar-refractivity contribution in [1.82, 2.24) is 0 Å². The Balaban J connectivity index is 5.21. The van der Waals surface area contributed by atoms with Gasteiger partial charge in [0.15, 0.2) is 12.2 Å². The highest BCUT2D eigenvalue weighted by atomic mass is 31.2. The SMILES string of the molecule is CCCCCCCCCCCCCCCCCCCCCCCC(=O)OC[C@H](COP(=O)(O)OC[C@@H](O)COP(=O)(O)OC[C@@H](COC(=O)CCCCCCCCCCCC)OC(=O)CCCCCCCCCCCCCCCCC(C)C)OC(=O)CCCCCCCCCCCCCCCCCCCCCCC. The Morgan fingerprint density at radius 3 is 0.624 bits per heavy atom. The van der Waals surface area contributed by atoms with Crippen LogP contribution in [0.4, 0.5) is 0 Å². The van der Waals surface area contributed by atoms with E-state index in [1.54, 1.807) is 0 Å². The first-order valence-electron chi connectivity index (χ1n) is 46.6. The van der Waals surface area contributed by atoms with Crippen LogP contribution in [-0.4, -0.2) is 96.7 Å². The summed E-state index contributed by atoms with van der Waals surface area (Å²) in [5.74, 6) is -1.30. The number of aliphatic hydroxyl groups is 1. The molecule has 109 heavy (non-hydrogen) atoms. The van der Waals surface area contributed by atoms with Gasteiger partial charge in [-0.05, 0) is 31.6 Å². The average Bonchev–Trinajstić information content (AvgIpc) is 0.900. The molecule has 0 saturated heterocycles. The van der Waals surface area contributed by atoms with Crippen molar-refractivity contribution in [3.05, 3.63) is 0 Å². The fourth-order valence-corrected chi connectivity index (χ4v) is 15.8. The van der Waals surface area contributed by atoms with Gasteiger partial charge in [-0.2, -0.15) is 0 Å². The van der Waals surface area contributed by atoms with Crippen LogP contribution in [0.15, 0.2) is 0 Å². The maximum absolute atomic E-state index is 13.2. The number of hydrogen-bond donors (Lipinski definition) is 3. The number of carbonyl (C=O) groups is 4. The third kappa shape index (κ3) is 83.8. The molecule has 0 amide bonds. The first kappa shape index (κ1) is 107. The summed E-state index contributed by atoms with van der Waals surface area (Å²) < 4.78 is 69.0. The first-order valence-corrected chi connectivity index (χ1v) is 49.6. The topological polar surface area (TPSA) is 237 Å². The lowest BCUT2D eigenvalue weighted by molar-refractivity contribution is -0.161. The number of rotatable bonds is 90. The van der Waals surface area contributed by atoms with E-state index in [0.717, 1.165) is 95.8 Å². The van der Waals surface area contributed by atoms with Crippen LogP contribution in [0, 0.1) is 5.92 Å². The molecule has 0 spiro atoms. The van der Waals surface area contributed by atoms with Gasteiger partial charge >= 0.3 is 39.5 Å². The van der Waals surface area contributed by atoms with Crippen molar-refractivity contribution in [3.63, 3.8) is 0 Å². The zero-order chi connectivity index (χ0) is 79.7. The van der Waals surface area contributed by atoms with Gasteiger partial charge in [0.05, 0.1) is 26.4 Å². The van der Waals surface area contributed by atoms with Crippen molar-refractivity contribution in [2.45, 2.75) is 509 Å². The molecule has 0 saturated carbocycles. The first-order chi connectivity index (χ1) is 53.0. The molecule has 0 aromatic carbocycles. The molecule has 3 N–H and O–H groups in total. The second-order valence-corrected chi connectivity index (χ2v) is 35.7. The van der Waals surface area contributed by atoms with Gasteiger partial charge in [0.25, 0.3) is 0 Å². The van der Waals surface area contributed by atoms with E-state index in [4.69, 9.17) is 37.0 Å². The van der Waals surface area contributed by atoms with E-state index in [1.165, 1.54) is 315 Å². The highest BCUT2D eigenvalue weighted by Crippen LogP contribution is 2.45. The molecule has 19 heteroatoms. The van der Waals surface area contributed by atoms with Crippen LogP contribution >= 0.6 is 15.6 Å². The monoisotopic (exact) mass is 1590 g/mol. The Labute approximate surface area is 670 Å². The number of carbonyl (C=O) groups excluding carboxylic acids is 4. The molecule has 0 heterocycles. The highest BCUT2D eigenvalue weighted by Gasteiger charge is 2.31. The predicted molar refractivity (Wildman–Crippen MR) is 451 cm³/mol. The van der Waals surface area contributed by atoms with Crippen LogP contribution in [-0.2, 0) is 65.4 Å². The molecule has 0 aliphatic carbocycles. The third-order valence-corrected chi connectivity index (χ3v) is 23.2. The summed E-state index contributed by atoms with van der Waals surface area (Å²) in [6.45, 7) is 7.40. The van der Waals surface area contributed by atoms with E-state index in [-0.39, 0.29) is 25.7 Å². The number of esters is 4. The minimum Gasteiger partial charge on any atom is -0.462 e. The second kappa shape index (κ2) is 82.6. The molecule has 0 aromatic rings. The van der Waals surface area contributed by atoms with E-state index >= 15 is 0 Å². The van der Waals surface area contributed by atoms with Crippen molar-refractivity contribution in [2.75, 3.05) is 39.6 Å². The van der Waals surface area contributed by atoms with E-state index in [2.05, 4.69) is 34.6 Å². The Kier molecular flexibility index (Phi) is 81.1. The molecule has 5 atom stereocenters. The molecule has 0 fully saturated rings. The summed E-state index contributed by atoms with van der Waals surface area (Å²) in [5.41, 5.74) is 0. The van der Waals surface area contributed by atoms with Crippen molar-refractivity contribution >= 4 is 39.5 Å². The quantitative estimate of drug-likeness (QED) is 0.0222. The summed E-state index contributed by atoms with van der Waals surface area (Å²) >= 11 is 0. The smallest absolute Gasteiger partial charge is 0.462 e. The number of phosphoric acid groups is 2. The van der Waals surface area contributed by atoms with Gasteiger partial charge in [-0.15, -0.1) is 0 Å². The van der Waals surface area contributed by atoms with Gasteiger partial charge in [-0.25, -0.2) is 9.13 Å². The van der Waals surface area contributed by atoms with Crippen molar-refractivity contribution in [1.29, 1.82) is 0 Å². The Bertz CT molecular complexity index is 2070. The van der Waals surface area contributed by atoms with E-state index < -0.39 is 97.5 Å². The number of phosphoric ester groups is 2. The average molecular weight is 1590 g/mol. The van der Waals surface area contributed by atoms with Crippen LogP contribution in [0.25, 0.3) is 0 Å². The minimum absolute atomic E-state index is 0.108. The van der Waals surface area contributed by atoms with Gasteiger partial charge < -0.3 is 33.8 Å². The number of aliphatic hydroxyl groups excluding tert-OH is 1. The van der Waals surface area contributed by atoms with Crippen LogP contribution in [0.1, 0.15) is 490 Å². The van der Waals surface area contributed by atoms with Crippen molar-refractivity contribution in [3.8, 4) is 0 Å². The zero-order valence-corrected chi connectivity index (χ0v) is 73.5. The number of unbranched alkanes of at least 4 members (excludes halogenated alkanes) is 62. The summed E-state index contributed by atoms with van der Waals surface area (Å²) in [4.78, 5) is 73.3. The van der Waals surface area contributed by atoms with Crippen molar-refractivity contribution < 1.29 is 80.2 Å². The standard InChI is InChI=1S/C90H176O17P2/c1-6-9-12-15-18-21-24-26-28-30-32-34-36-38-40-45-49-54-59-64-69-74-88(93)101-80-86(107-89(94)75-70-65-60-55-50-46-41-39-37-35-33-31-29-27-25-22-19-16-13-10-7-2)82-105-109(98,99)103-78-84(91)77-102-108(96,97)104-81-85(79-100-87(92)73-68-63-58-53-23-20-17-14-11-8-3)106-90(95)76-71-66-61-56-51-47-43-42-44-48-52-57-62-67-72-83(4)5/h83-86,91H,6-82H2,1-5H3,(H,96,97)(H,98,99)/t84-,85+,86+/m0/s1. The number of hydrogen-bond acceptors (Lipinski definition) is 15. The summed E-state index contributed by atoms with van der Waals surface area (Å²) in [6.07, 6.45) is 77.9. The zero-order valence-electron chi connectivity index (χ0n) is 71.7.